The first kappa shape index (κ1) is 18.1. The third-order valence-electron chi connectivity index (χ3n) is 9.19. The summed E-state index contributed by atoms with van der Waals surface area (Å²) < 4.78 is 17.3. The Balaban J connectivity index is 1.58. The Morgan fingerprint density at radius 1 is 1.45 bits per heavy atom. The Morgan fingerprint density at radius 3 is 2.93 bits per heavy atom. The van der Waals surface area contributed by atoms with Crippen molar-refractivity contribution >= 4 is 11.9 Å². The van der Waals surface area contributed by atoms with E-state index in [1.54, 1.807) is 6.92 Å². The fourth-order valence-corrected chi connectivity index (χ4v) is 8.19. The third-order valence-corrected chi connectivity index (χ3v) is 9.19. The molecule has 0 aromatic rings. The zero-order valence-electron chi connectivity index (χ0n) is 16.4. The lowest BCUT2D eigenvalue weighted by Crippen LogP contribution is -2.59. The van der Waals surface area contributed by atoms with Crippen molar-refractivity contribution in [2.75, 3.05) is 6.61 Å². The van der Waals surface area contributed by atoms with Crippen molar-refractivity contribution in [1.29, 1.82) is 0 Å². The predicted molar refractivity (Wildman–Crippen MR) is 98.2 cm³/mol. The van der Waals surface area contributed by atoms with Crippen LogP contribution in [0.4, 0.5) is 0 Å². The van der Waals surface area contributed by atoms with E-state index in [4.69, 9.17) is 14.2 Å². The van der Waals surface area contributed by atoms with Gasteiger partial charge in [0.2, 0.25) is 0 Å². The van der Waals surface area contributed by atoms with Crippen molar-refractivity contribution in [1.82, 2.24) is 0 Å². The molecular weight excluding hydrogens is 376 g/mol. The van der Waals surface area contributed by atoms with Crippen molar-refractivity contribution in [2.45, 2.75) is 62.1 Å². The highest BCUT2D eigenvalue weighted by Gasteiger charge is 2.90. The van der Waals surface area contributed by atoms with Crippen LogP contribution in [-0.4, -0.2) is 58.3 Å². The number of aliphatic hydroxyl groups is 2. The van der Waals surface area contributed by atoms with Crippen LogP contribution in [0.3, 0.4) is 0 Å². The predicted octanol–water partition coefficient (Wildman–Crippen LogP) is 0.883. The molecule has 4 bridgehead atoms. The van der Waals surface area contributed by atoms with Gasteiger partial charge < -0.3 is 24.4 Å². The number of hydrogen-bond donors (Lipinski definition) is 2. The molecule has 7 nitrogen and oxygen atoms in total. The number of ether oxygens (including phenoxy) is 3. The average molecular weight is 402 g/mol. The van der Waals surface area contributed by atoms with Crippen LogP contribution in [0.15, 0.2) is 24.8 Å². The normalized spacial score (nSPS) is 58.2. The summed E-state index contributed by atoms with van der Waals surface area (Å²) in [6.07, 6.45) is 1.50. The summed E-state index contributed by atoms with van der Waals surface area (Å²) in [6, 6.07) is 0. The summed E-state index contributed by atoms with van der Waals surface area (Å²) in [7, 11) is 0. The molecule has 156 valence electrons. The maximum atomic E-state index is 13.4. The Hall–Kier alpha value is -1.70. The fraction of sp³-hybridized carbons (Fsp3) is 0.727. The van der Waals surface area contributed by atoms with Crippen LogP contribution < -0.4 is 0 Å². The maximum absolute atomic E-state index is 13.4. The zero-order valence-corrected chi connectivity index (χ0v) is 16.4. The molecule has 1 spiro atoms. The van der Waals surface area contributed by atoms with Gasteiger partial charge in [-0.2, -0.15) is 0 Å². The SMILES string of the molecule is C=CCOC(=O)C1[C@@H]2[C@]3(C)C(=O)O[C@@]2([C@@H]2CC[C@]4(O)C[C@]12CC4=C)[C@@H](O)[C@@H]1O[C@@H]13. The van der Waals surface area contributed by atoms with Gasteiger partial charge in [-0.1, -0.05) is 19.2 Å². The molecule has 29 heavy (non-hydrogen) atoms. The molecule has 0 radical (unpaired) electrons. The lowest BCUT2D eigenvalue weighted by atomic mass is 9.59. The van der Waals surface area contributed by atoms with Gasteiger partial charge in [0.15, 0.2) is 0 Å². The Kier molecular flexibility index (Phi) is 3.09. The first-order chi connectivity index (χ1) is 13.7. The molecule has 4 aliphatic carbocycles. The summed E-state index contributed by atoms with van der Waals surface area (Å²) in [4.78, 5) is 26.5. The number of fused-ring (bicyclic) bond motifs is 3. The van der Waals surface area contributed by atoms with Gasteiger partial charge in [0, 0.05) is 11.8 Å². The van der Waals surface area contributed by atoms with Crippen molar-refractivity contribution in [3.8, 4) is 0 Å². The Labute approximate surface area is 168 Å². The van der Waals surface area contributed by atoms with E-state index in [1.807, 2.05) is 0 Å². The van der Waals surface area contributed by atoms with Crippen LogP contribution >= 0.6 is 0 Å². The van der Waals surface area contributed by atoms with Gasteiger partial charge in [-0.25, -0.2) is 0 Å². The van der Waals surface area contributed by atoms with Gasteiger partial charge in [0.25, 0.3) is 0 Å². The molecule has 2 aliphatic heterocycles. The summed E-state index contributed by atoms with van der Waals surface area (Å²) >= 11 is 0. The second kappa shape index (κ2) is 4.95. The van der Waals surface area contributed by atoms with E-state index < -0.39 is 64.1 Å². The van der Waals surface area contributed by atoms with E-state index in [-0.39, 0.29) is 12.5 Å². The second-order valence-corrected chi connectivity index (χ2v) is 10.2. The zero-order chi connectivity index (χ0) is 20.6. The molecule has 2 heterocycles. The van der Waals surface area contributed by atoms with Crippen LogP contribution in [-0.2, 0) is 23.8 Å². The highest BCUT2D eigenvalue weighted by Crippen LogP contribution is 2.80. The number of carbonyl (C=O) groups excluding carboxylic acids is 2. The van der Waals surface area contributed by atoms with Crippen molar-refractivity contribution in [2.24, 2.45) is 28.6 Å². The summed E-state index contributed by atoms with van der Waals surface area (Å²) in [5.41, 5.74) is -3.15. The van der Waals surface area contributed by atoms with E-state index in [2.05, 4.69) is 13.2 Å². The van der Waals surface area contributed by atoms with Crippen molar-refractivity contribution in [3.63, 3.8) is 0 Å². The van der Waals surface area contributed by atoms with Gasteiger partial charge >= 0.3 is 11.9 Å². The smallest absolute Gasteiger partial charge is 0.315 e. The molecule has 10 atom stereocenters. The monoisotopic (exact) mass is 402 g/mol. The molecule has 4 saturated carbocycles. The number of carbonyl (C=O) groups is 2. The van der Waals surface area contributed by atoms with Crippen molar-refractivity contribution in [3.05, 3.63) is 24.8 Å². The Bertz CT molecular complexity index is 882. The second-order valence-electron chi connectivity index (χ2n) is 10.2. The molecule has 6 rings (SSSR count). The summed E-state index contributed by atoms with van der Waals surface area (Å²) in [5.74, 6) is -2.32. The molecule has 0 aromatic carbocycles. The van der Waals surface area contributed by atoms with E-state index in [0.717, 1.165) is 5.57 Å². The topological polar surface area (TPSA) is 106 Å². The van der Waals surface area contributed by atoms with E-state index >= 15 is 0 Å². The number of hydrogen-bond acceptors (Lipinski definition) is 7. The highest BCUT2D eigenvalue weighted by atomic mass is 16.6. The largest absolute Gasteiger partial charge is 0.461 e. The standard InChI is InChI=1S/C22H26O7/c1-4-7-27-17(24)12-14-19(3)16-13(28-16)15(23)22(14,29-18(19)25)11-5-6-21(26)9-20(11,12)8-10(21)2/h4,11-16,23,26H,1-2,5-9H2,3H3/t11-,12?,13+,14-,15+,16+,19+,20+,21+,22-/m1/s1. The molecule has 0 aromatic heterocycles. The van der Waals surface area contributed by atoms with Crippen LogP contribution in [0.25, 0.3) is 0 Å². The molecule has 6 aliphatic rings. The molecular formula is C22H26O7. The number of aliphatic hydroxyl groups excluding tert-OH is 1. The first-order valence-electron chi connectivity index (χ1n) is 10.4. The quantitative estimate of drug-likeness (QED) is 0.410. The number of esters is 2. The lowest BCUT2D eigenvalue weighted by molar-refractivity contribution is -0.180. The number of epoxide rings is 1. The van der Waals surface area contributed by atoms with Crippen LogP contribution in [0, 0.1) is 28.6 Å². The lowest BCUT2D eigenvalue weighted by Gasteiger charge is -2.46. The Morgan fingerprint density at radius 2 is 2.21 bits per heavy atom. The molecule has 6 fully saturated rings. The molecule has 7 heteroatoms. The van der Waals surface area contributed by atoms with Crippen LogP contribution in [0.5, 0.6) is 0 Å². The van der Waals surface area contributed by atoms with Crippen LogP contribution in [0.1, 0.15) is 32.6 Å². The highest BCUT2D eigenvalue weighted by molar-refractivity contribution is 5.87. The van der Waals surface area contributed by atoms with E-state index in [0.29, 0.717) is 25.7 Å². The van der Waals surface area contributed by atoms with Gasteiger partial charge in [0.1, 0.15) is 35.9 Å². The molecule has 0 amide bonds. The average Bonchev–Trinajstić information content (AvgIpc) is 3.36. The fourth-order valence-electron chi connectivity index (χ4n) is 8.19. The maximum Gasteiger partial charge on any atom is 0.315 e. The van der Waals surface area contributed by atoms with E-state index in [9.17, 15) is 19.8 Å². The number of rotatable bonds is 3. The third kappa shape index (κ3) is 1.67. The molecule has 2 N–H and O–H groups in total. The summed E-state index contributed by atoms with van der Waals surface area (Å²) in [6.45, 7) is 9.61. The summed E-state index contributed by atoms with van der Waals surface area (Å²) in [5, 5.41) is 22.5. The minimum atomic E-state index is -1.19. The molecule has 2 saturated heterocycles. The van der Waals surface area contributed by atoms with Gasteiger partial charge in [0.05, 0.1) is 11.5 Å². The minimum Gasteiger partial charge on any atom is -0.461 e. The molecule has 1 unspecified atom stereocenters. The van der Waals surface area contributed by atoms with Gasteiger partial charge in [-0.3, -0.25) is 9.59 Å². The van der Waals surface area contributed by atoms with E-state index in [1.165, 1.54) is 6.08 Å². The first-order valence-corrected chi connectivity index (χ1v) is 10.4. The van der Waals surface area contributed by atoms with Crippen LogP contribution in [0.2, 0.25) is 0 Å². The van der Waals surface area contributed by atoms with Gasteiger partial charge in [-0.05, 0) is 43.6 Å². The van der Waals surface area contributed by atoms with Crippen molar-refractivity contribution < 1.29 is 34.0 Å². The van der Waals surface area contributed by atoms with Gasteiger partial charge in [-0.15, -0.1) is 0 Å². The minimum absolute atomic E-state index is 0.0671.